The van der Waals surface area contributed by atoms with Gasteiger partial charge in [-0.2, -0.15) is 0 Å². The van der Waals surface area contributed by atoms with Gasteiger partial charge in [0.25, 0.3) is 0 Å². The molecule has 0 aliphatic heterocycles. The maximum atomic E-state index is 5.09. The van der Waals surface area contributed by atoms with Crippen LogP contribution in [-0.4, -0.2) is 0 Å². The van der Waals surface area contributed by atoms with E-state index in [9.17, 15) is 0 Å². The Morgan fingerprint density at radius 2 is 2.25 bits per heavy atom. The lowest BCUT2D eigenvalue weighted by molar-refractivity contribution is 0.681. The highest BCUT2D eigenvalue weighted by molar-refractivity contribution is 4.84. The first-order chi connectivity index (χ1) is 3.93. The van der Waals surface area contributed by atoms with Gasteiger partial charge in [0.1, 0.15) is 0 Å². The molecule has 1 aliphatic rings. The predicted octanol–water partition coefficient (Wildman–Crippen LogP) is 2.20. The van der Waals surface area contributed by atoms with Crippen molar-refractivity contribution in [1.29, 1.82) is 0 Å². The van der Waals surface area contributed by atoms with Crippen LogP contribution < -0.4 is 0 Å². The van der Waals surface area contributed by atoms with Gasteiger partial charge in [0.15, 0.2) is 0 Å². The molecule has 0 radical (unpaired) electrons. The topological polar surface area (TPSA) is 0 Å². The molecular formula is C8H12. The molecule has 0 N–H and O–H groups in total. The number of unbranched alkanes of at least 4 members (excludes halogenated alkanes) is 1. The molecule has 0 nitrogen and oxygen atoms in total. The first-order valence-corrected chi connectivity index (χ1v) is 3.37. The summed E-state index contributed by atoms with van der Waals surface area (Å²) in [6.45, 7) is 0. The molecule has 1 rings (SSSR count). The van der Waals surface area contributed by atoms with E-state index in [1.54, 1.807) is 0 Å². The molecule has 0 aromatic carbocycles. The van der Waals surface area contributed by atoms with Crippen LogP contribution >= 0.6 is 0 Å². The van der Waals surface area contributed by atoms with Crippen molar-refractivity contribution in [3.05, 3.63) is 0 Å². The highest BCUT2D eigenvalue weighted by Gasteiger charge is 2.19. The fraction of sp³-hybridized carbons (Fsp3) is 0.750. The molecule has 0 spiro atoms. The van der Waals surface area contributed by atoms with Gasteiger partial charge in [0.05, 0.1) is 0 Å². The van der Waals surface area contributed by atoms with E-state index in [1.807, 2.05) is 0 Å². The van der Waals surface area contributed by atoms with Crippen LogP contribution in [0.1, 0.15) is 32.1 Å². The number of hydrogen-bond acceptors (Lipinski definition) is 0. The predicted molar refractivity (Wildman–Crippen MR) is 35.4 cm³/mol. The standard InChI is InChI=1S/C8H12/c1-2-3-4-5-8-6-7-8/h1,8H,3-7H2. The minimum atomic E-state index is 0.983. The molecular weight excluding hydrogens is 96.1 g/mol. The van der Waals surface area contributed by atoms with E-state index < -0.39 is 0 Å². The molecule has 0 saturated heterocycles. The highest BCUT2D eigenvalue weighted by Crippen LogP contribution is 2.33. The van der Waals surface area contributed by atoms with Crippen molar-refractivity contribution in [1.82, 2.24) is 0 Å². The van der Waals surface area contributed by atoms with E-state index in [-0.39, 0.29) is 0 Å². The molecule has 0 heteroatoms. The minimum Gasteiger partial charge on any atom is -0.120 e. The fourth-order valence-corrected chi connectivity index (χ4v) is 0.899. The number of hydrogen-bond donors (Lipinski definition) is 0. The van der Waals surface area contributed by atoms with Gasteiger partial charge in [0.2, 0.25) is 0 Å². The average molecular weight is 108 g/mol. The van der Waals surface area contributed by atoms with Crippen LogP contribution in [0, 0.1) is 18.3 Å². The molecule has 0 aromatic heterocycles. The Balaban J connectivity index is 1.83. The Morgan fingerprint density at radius 3 is 2.75 bits per heavy atom. The van der Waals surface area contributed by atoms with Gasteiger partial charge in [0, 0.05) is 6.42 Å². The number of rotatable bonds is 3. The Hall–Kier alpha value is -0.440. The molecule has 0 unspecified atom stereocenters. The monoisotopic (exact) mass is 108 g/mol. The third kappa shape index (κ3) is 2.02. The van der Waals surface area contributed by atoms with Crippen LogP contribution in [0.4, 0.5) is 0 Å². The minimum absolute atomic E-state index is 0.983. The van der Waals surface area contributed by atoms with Gasteiger partial charge in [-0.3, -0.25) is 0 Å². The van der Waals surface area contributed by atoms with Crippen molar-refractivity contribution >= 4 is 0 Å². The number of terminal acetylenes is 1. The van der Waals surface area contributed by atoms with Gasteiger partial charge < -0.3 is 0 Å². The molecule has 0 bridgehead atoms. The Labute approximate surface area is 51.3 Å². The smallest absolute Gasteiger partial charge is 0.00861 e. The van der Waals surface area contributed by atoms with Crippen LogP contribution in [-0.2, 0) is 0 Å². The van der Waals surface area contributed by atoms with Crippen molar-refractivity contribution < 1.29 is 0 Å². The summed E-state index contributed by atoms with van der Waals surface area (Å²) < 4.78 is 0. The summed E-state index contributed by atoms with van der Waals surface area (Å²) in [5.41, 5.74) is 0. The van der Waals surface area contributed by atoms with Gasteiger partial charge in [-0.1, -0.05) is 12.8 Å². The lowest BCUT2D eigenvalue weighted by Gasteiger charge is -1.88. The van der Waals surface area contributed by atoms with Crippen LogP contribution in [0.25, 0.3) is 0 Å². The van der Waals surface area contributed by atoms with Crippen LogP contribution in [0.5, 0.6) is 0 Å². The quantitative estimate of drug-likeness (QED) is 0.384. The third-order valence-electron chi connectivity index (χ3n) is 1.63. The molecule has 0 atom stereocenters. The van der Waals surface area contributed by atoms with Crippen molar-refractivity contribution in [2.75, 3.05) is 0 Å². The molecule has 0 amide bonds. The molecule has 1 saturated carbocycles. The zero-order chi connectivity index (χ0) is 5.82. The van der Waals surface area contributed by atoms with E-state index in [0.29, 0.717) is 0 Å². The van der Waals surface area contributed by atoms with Gasteiger partial charge in [-0.05, 0) is 18.8 Å². The van der Waals surface area contributed by atoms with Crippen molar-refractivity contribution in [2.24, 2.45) is 5.92 Å². The molecule has 44 valence electrons. The summed E-state index contributed by atoms with van der Waals surface area (Å²) in [4.78, 5) is 0. The van der Waals surface area contributed by atoms with E-state index in [2.05, 4.69) is 5.92 Å². The van der Waals surface area contributed by atoms with Crippen LogP contribution in [0.3, 0.4) is 0 Å². The summed E-state index contributed by atoms with van der Waals surface area (Å²) in [6.07, 6.45) is 11.6. The molecule has 1 fully saturated rings. The average Bonchev–Trinajstić information content (AvgIpc) is 2.51. The summed E-state index contributed by atoms with van der Waals surface area (Å²) in [7, 11) is 0. The van der Waals surface area contributed by atoms with E-state index in [0.717, 1.165) is 12.3 Å². The van der Waals surface area contributed by atoms with Crippen molar-refractivity contribution in [3.63, 3.8) is 0 Å². The maximum absolute atomic E-state index is 5.09. The SMILES string of the molecule is C#CCCCC1CC1. The van der Waals surface area contributed by atoms with E-state index in [1.165, 1.54) is 25.7 Å². The van der Waals surface area contributed by atoms with Gasteiger partial charge in [-0.25, -0.2) is 0 Å². The normalized spacial score (nSPS) is 17.9. The van der Waals surface area contributed by atoms with E-state index in [4.69, 9.17) is 6.42 Å². The molecule has 0 aromatic rings. The summed E-state index contributed by atoms with van der Waals surface area (Å²) in [5, 5.41) is 0. The van der Waals surface area contributed by atoms with Gasteiger partial charge in [-0.15, -0.1) is 12.3 Å². The maximum Gasteiger partial charge on any atom is 0.00861 e. The second kappa shape index (κ2) is 2.77. The van der Waals surface area contributed by atoms with Crippen LogP contribution in [0.2, 0.25) is 0 Å². The summed E-state index contributed by atoms with van der Waals surface area (Å²) in [6, 6.07) is 0. The molecule has 8 heavy (non-hydrogen) atoms. The first-order valence-electron chi connectivity index (χ1n) is 3.37. The van der Waals surface area contributed by atoms with Gasteiger partial charge >= 0.3 is 0 Å². The second-order valence-electron chi connectivity index (χ2n) is 2.54. The lowest BCUT2D eigenvalue weighted by atomic mass is 10.2. The Kier molecular flexibility index (Phi) is 1.97. The second-order valence-corrected chi connectivity index (χ2v) is 2.54. The van der Waals surface area contributed by atoms with Crippen molar-refractivity contribution in [2.45, 2.75) is 32.1 Å². The summed E-state index contributed by atoms with van der Waals surface area (Å²) in [5.74, 6) is 3.71. The van der Waals surface area contributed by atoms with Crippen molar-refractivity contribution in [3.8, 4) is 12.3 Å². The summed E-state index contributed by atoms with van der Waals surface area (Å²) >= 11 is 0. The Morgan fingerprint density at radius 1 is 1.50 bits per heavy atom. The zero-order valence-corrected chi connectivity index (χ0v) is 5.19. The lowest BCUT2D eigenvalue weighted by Crippen LogP contribution is -1.74. The fourth-order valence-electron chi connectivity index (χ4n) is 0.899. The third-order valence-corrected chi connectivity index (χ3v) is 1.63. The molecule has 0 heterocycles. The first kappa shape index (κ1) is 5.69. The Bertz CT molecular complexity index is 93.1. The zero-order valence-electron chi connectivity index (χ0n) is 5.19. The van der Waals surface area contributed by atoms with Crippen LogP contribution in [0.15, 0.2) is 0 Å². The largest absolute Gasteiger partial charge is 0.120 e. The highest BCUT2D eigenvalue weighted by atomic mass is 14.2. The molecule has 1 aliphatic carbocycles. The van der Waals surface area contributed by atoms with E-state index >= 15 is 0 Å².